The molecule has 1 aliphatic heterocycles. The van der Waals surface area contributed by atoms with Crippen molar-refractivity contribution in [3.05, 3.63) is 59.2 Å². The van der Waals surface area contributed by atoms with Crippen LogP contribution in [0.5, 0.6) is 11.5 Å². The van der Waals surface area contributed by atoms with Crippen molar-refractivity contribution in [2.45, 2.75) is 59.4 Å². The van der Waals surface area contributed by atoms with E-state index in [0.717, 1.165) is 42.7 Å². The first-order chi connectivity index (χ1) is 16.2. The molecular formula is C28H38N2O4. The Morgan fingerprint density at radius 1 is 1.06 bits per heavy atom. The zero-order chi connectivity index (χ0) is 24.7. The minimum Gasteiger partial charge on any atom is -0.497 e. The van der Waals surface area contributed by atoms with E-state index in [4.69, 9.17) is 9.47 Å². The summed E-state index contributed by atoms with van der Waals surface area (Å²) in [4.78, 5) is 27.6. The lowest BCUT2D eigenvalue weighted by molar-refractivity contribution is -0.130. The number of carbonyl (C=O) groups is 2. The third-order valence-corrected chi connectivity index (χ3v) is 6.62. The maximum Gasteiger partial charge on any atom is 0.253 e. The summed E-state index contributed by atoms with van der Waals surface area (Å²) in [7, 11) is 1.61. The lowest BCUT2D eigenvalue weighted by Crippen LogP contribution is -2.49. The Morgan fingerprint density at radius 3 is 2.38 bits per heavy atom. The van der Waals surface area contributed by atoms with E-state index in [2.05, 4.69) is 30.4 Å². The van der Waals surface area contributed by atoms with E-state index in [1.807, 2.05) is 25.7 Å². The van der Waals surface area contributed by atoms with Crippen LogP contribution in [0.1, 0.15) is 61.0 Å². The quantitative estimate of drug-likeness (QED) is 0.533. The molecule has 3 rings (SSSR count). The number of carbonyl (C=O) groups excluding carboxylic acids is 2. The average Bonchev–Trinajstić information content (AvgIpc) is 2.84. The lowest BCUT2D eigenvalue weighted by Gasteiger charge is -2.34. The summed E-state index contributed by atoms with van der Waals surface area (Å²) in [5.74, 6) is 1.74. The predicted octanol–water partition coefficient (Wildman–Crippen LogP) is 4.92. The molecule has 2 aromatic rings. The van der Waals surface area contributed by atoms with Gasteiger partial charge in [0.1, 0.15) is 11.5 Å². The van der Waals surface area contributed by atoms with Gasteiger partial charge in [-0.25, -0.2) is 0 Å². The average molecular weight is 467 g/mol. The molecule has 0 saturated carbocycles. The molecule has 6 heteroatoms. The molecule has 0 radical (unpaired) electrons. The number of nitrogens with zero attached hydrogens (tertiary/aromatic N) is 1. The van der Waals surface area contributed by atoms with Gasteiger partial charge in [-0.3, -0.25) is 9.59 Å². The zero-order valence-corrected chi connectivity index (χ0v) is 21.1. The highest BCUT2D eigenvalue weighted by Gasteiger charge is 2.31. The highest BCUT2D eigenvalue weighted by Crippen LogP contribution is 2.25. The summed E-state index contributed by atoms with van der Waals surface area (Å²) in [5.41, 5.74) is 2.49. The number of nitrogens with one attached hydrogen (secondary N) is 1. The summed E-state index contributed by atoms with van der Waals surface area (Å²) in [6.45, 7) is 9.94. The fourth-order valence-electron chi connectivity index (χ4n) is 4.20. The van der Waals surface area contributed by atoms with Gasteiger partial charge in [-0.05, 0) is 81.0 Å². The molecule has 1 saturated heterocycles. The molecule has 6 nitrogen and oxygen atoms in total. The van der Waals surface area contributed by atoms with E-state index in [-0.39, 0.29) is 17.9 Å². The molecule has 0 atom stereocenters. The van der Waals surface area contributed by atoms with Gasteiger partial charge in [0.25, 0.3) is 5.91 Å². The first-order valence-corrected chi connectivity index (χ1v) is 12.1. The van der Waals surface area contributed by atoms with Gasteiger partial charge in [-0.2, -0.15) is 0 Å². The van der Waals surface area contributed by atoms with Crippen molar-refractivity contribution >= 4 is 11.8 Å². The number of likely N-dealkylation sites (tertiary alicyclic amines) is 1. The van der Waals surface area contributed by atoms with Crippen LogP contribution < -0.4 is 14.8 Å². The van der Waals surface area contributed by atoms with Crippen LogP contribution in [0.3, 0.4) is 0 Å². The normalized spacial score (nSPS) is 14.6. The summed E-state index contributed by atoms with van der Waals surface area (Å²) in [6, 6.07) is 13.5. The molecule has 0 spiro atoms. The number of hydrogen-bond acceptors (Lipinski definition) is 4. The van der Waals surface area contributed by atoms with Crippen molar-refractivity contribution in [3.63, 3.8) is 0 Å². The Balaban J connectivity index is 1.41. The van der Waals surface area contributed by atoms with Gasteiger partial charge in [0.2, 0.25) is 5.91 Å². The smallest absolute Gasteiger partial charge is 0.253 e. The molecule has 0 aromatic heterocycles. The van der Waals surface area contributed by atoms with Crippen molar-refractivity contribution in [3.8, 4) is 11.5 Å². The molecular weight excluding hydrogens is 428 g/mol. The number of methoxy groups -OCH3 is 1. The molecule has 0 aliphatic carbocycles. The number of rotatable bonds is 9. The number of amides is 2. The topological polar surface area (TPSA) is 67.9 Å². The van der Waals surface area contributed by atoms with Gasteiger partial charge < -0.3 is 19.7 Å². The maximum atomic E-state index is 12.9. The first-order valence-electron chi connectivity index (χ1n) is 12.1. The third-order valence-electron chi connectivity index (χ3n) is 6.62. The van der Waals surface area contributed by atoms with E-state index < -0.39 is 5.41 Å². The molecule has 2 aromatic carbocycles. The van der Waals surface area contributed by atoms with Crippen LogP contribution in [0, 0.1) is 19.3 Å². The van der Waals surface area contributed by atoms with Crippen molar-refractivity contribution in [2.24, 2.45) is 5.41 Å². The monoisotopic (exact) mass is 466 g/mol. The number of hydrogen-bond donors (Lipinski definition) is 1. The van der Waals surface area contributed by atoms with Crippen LogP contribution in [0.4, 0.5) is 0 Å². The third kappa shape index (κ3) is 6.75. The van der Waals surface area contributed by atoms with E-state index >= 15 is 0 Å². The molecule has 34 heavy (non-hydrogen) atoms. The zero-order valence-electron chi connectivity index (χ0n) is 21.1. The lowest BCUT2D eigenvalue weighted by atomic mass is 9.86. The predicted molar refractivity (Wildman–Crippen MR) is 134 cm³/mol. The van der Waals surface area contributed by atoms with E-state index in [9.17, 15) is 9.59 Å². The van der Waals surface area contributed by atoms with Crippen LogP contribution in [0.2, 0.25) is 0 Å². The molecule has 1 aliphatic rings. The van der Waals surface area contributed by atoms with Crippen molar-refractivity contribution in [1.29, 1.82) is 0 Å². The molecule has 0 bridgehead atoms. The highest BCUT2D eigenvalue weighted by molar-refractivity contribution is 5.94. The molecule has 1 heterocycles. The van der Waals surface area contributed by atoms with Gasteiger partial charge >= 0.3 is 0 Å². The molecule has 0 unspecified atom stereocenters. The number of ether oxygens (including phenoxy) is 2. The van der Waals surface area contributed by atoms with Gasteiger partial charge in [-0.1, -0.05) is 26.0 Å². The fraction of sp³-hybridized carbons (Fsp3) is 0.500. The molecule has 2 amide bonds. The van der Waals surface area contributed by atoms with E-state index in [0.29, 0.717) is 25.3 Å². The number of benzene rings is 2. The van der Waals surface area contributed by atoms with E-state index in [1.54, 1.807) is 31.4 Å². The largest absolute Gasteiger partial charge is 0.497 e. The minimum absolute atomic E-state index is 0.0246. The standard InChI is InChI=1S/C28H38N2O4/c1-20-7-8-21(2)25(19-20)34-18-6-15-28(3,4)27(32)29-23-13-16-30(17-14-23)26(31)22-9-11-24(33-5)12-10-22/h7-12,19,23H,6,13-18H2,1-5H3,(H,29,32). The minimum atomic E-state index is -0.471. The summed E-state index contributed by atoms with van der Waals surface area (Å²) >= 11 is 0. The van der Waals surface area contributed by atoms with Crippen molar-refractivity contribution < 1.29 is 19.1 Å². The fourth-order valence-corrected chi connectivity index (χ4v) is 4.20. The summed E-state index contributed by atoms with van der Waals surface area (Å²) < 4.78 is 11.1. The Kier molecular flexibility index (Phi) is 8.59. The van der Waals surface area contributed by atoms with Crippen molar-refractivity contribution in [2.75, 3.05) is 26.8 Å². The highest BCUT2D eigenvalue weighted by atomic mass is 16.5. The molecule has 1 fully saturated rings. The van der Waals surface area contributed by atoms with Gasteiger partial charge in [-0.15, -0.1) is 0 Å². The first kappa shape index (κ1) is 25.6. The van der Waals surface area contributed by atoms with Crippen LogP contribution >= 0.6 is 0 Å². The SMILES string of the molecule is COc1ccc(C(=O)N2CCC(NC(=O)C(C)(C)CCCOc3cc(C)ccc3C)CC2)cc1. The Bertz CT molecular complexity index is 976. The Morgan fingerprint density at radius 2 is 1.74 bits per heavy atom. The van der Waals surface area contributed by atoms with Gasteiger partial charge in [0, 0.05) is 30.1 Å². The Labute approximate surface area is 203 Å². The van der Waals surface area contributed by atoms with Crippen LogP contribution in [0.15, 0.2) is 42.5 Å². The second-order valence-electron chi connectivity index (χ2n) is 9.87. The second-order valence-corrected chi connectivity index (χ2v) is 9.87. The molecule has 1 N–H and O–H groups in total. The summed E-state index contributed by atoms with van der Waals surface area (Å²) in [6.07, 6.45) is 3.08. The molecule has 184 valence electrons. The maximum absolute atomic E-state index is 12.9. The van der Waals surface area contributed by atoms with Gasteiger partial charge in [0.05, 0.1) is 13.7 Å². The van der Waals surface area contributed by atoms with Gasteiger partial charge in [0.15, 0.2) is 0 Å². The van der Waals surface area contributed by atoms with Crippen molar-refractivity contribution in [1.82, 2.24) is 10.2 Å². The number of piperidine rings is 1. The van der Waals surface area contributed by atoms with Crippen LogP contribution in [-0.4, -0.2) is 49.6 Å². The van der Waals surface area contributed by atoms with E-state index in [1.165, 1.54) is 5.56 Å². The van der Waals surface area contributed by atoms with Crippen LogP contribution in [-0.2, 0) is 4.79 Å². The summed E-state index contributed by atoms with van der Waals surface area (Å²) in [5, 5.41) is 3.21. The van der Waals surface area contributed by atoms with Crippen LogP contribution in [0.25, 0.3) is 0 Å². The second kappa shape index (κ2) is 11.4. The Hall–Kier alpha value is -3.02. The number of aryl methyl sites for hydroxylation is 2.